The second-order valence-electron chi connectivity index (χ2n) is 8.03. The maximum Gasteiger partial charge on any atom is 0.127 e. The van der Waals surface area contributed by atoms with Crippen molar-refractivity contribution >= 4 is 0 Å². The fraction of sp³-hybridized carbons (Fsp3) is 0.700. The minimum atomic E-state index is 0.0319. The van der Waals surface area contributed by atoms with Crippen LogP contribution < -0.4 is 4.74 Å². The molecule has 1 fully saturated rings. The van der Waals surface area contributed by atoms with Crippen LogP contribution in [-0.2, 0) is 5.41 Å². The first-order valence-corrected chi connectivity index (χ1v) is 8.83. The predicted molar refractivity (Wildman–Crippen MR) is 96.2 cm³/mol. The zero-order chi connectivity index (χ0) is 17.2. The molecule has 0 aliphatic carbocycles. The van der Waals surface area contributed by atoms with E-state index in [0.717, 1.165) is 18.8 Å². The lowest BCUT2D eigenvalue weighted by Gasteiger charge is -2.35. The Hall–Kier alpha value is -1.06. The summed E-state index contributed by atoms with van der Waals surface area (Å²) in [5.74, 6) is 1.19. The number of methoxy groups -OCH3 is 1. The first kappa shape index (κ1) is 18.3. The molecule has 0 spiro atoms. The third-order valence-corrected chi connectivity index (χ3v) is 4.95. The Balaban J connectivity index is 2.59. The Morgan fingerprint density at radius 1 is 1.22 bits per heavy atom. The van der Waals surface area contributed by atoms with E-state index in [1.54, 1.807) is 7.11 Å². The Labute approximate surface area is 141 Å². The summed E-state index contributed by atoms with van der Waals surface area (Å²) < 4.78 is 5.88. The van der Waals surface area contributed by atoms with E-state index in [1.165, 1.54) is 29.5 Å². The number of likely N-dealkylation sites (tertiary alicyclic amines) is 1. The summed E-state index contributed by atoms with van der Waals surface area (Å²) in [6, 6.07) is 4.72. The van der Waals surface area contributed by atoms with Gasteiger partial charge in [-0.1, -0.05) is 45.4 Å². The lowest BCUT2D eigenvalue weighted by molar-refractivity contribution is 0.123. The normalized spacial score (nSPS) is 18.9. The molecule has 2 atom stereocenters. The number of aliphatic hydroxyl groups is 1. The molecule has 0 aromatic heterocycles. The molecule has 1 heterocycles. The summed E-state index contributed by atoms with van der Waals surface area (Å²) in [6.45, 7) is 13.4. The first-order chi connectivity index (χ1) is 10.8. The second-order valence-corrected chi connectivity index (χ2v) is 8.03. The zero-order valence-corrected chi connectivity index (χ0v) is 15.6. The molecule has 2 rings (SSSR count). The topological polar surface area (TPSA) is 32.7 Å². The van der Waals surface area contributed by atoms with Crippen molar-refractivity contribution in [3.63, 3.8) is 0 Å². The molecule has 3 heteroatoms. The van der Waals surface area contributed by atoms with E-state index >= 15 is 0 Å². The van der Waals surface area contributed by atoms with Gasteiger partial charge in [-0.3, -0.25) is 4.90 Å². The fourth-order valence-corrected chi connectivity index (χ4v) is 3.79. The number of ether oxygens (including phenoxy) is 1. The standard InChI is InChI=1S/C20H33NO2/c1-14-11-16(19(23-6)17(12-14)20(3,4)5)18(15(2)13-22)21-9-7-8-10-21/h11-12,15,18,22H,7-10,13H2,1-6H3. The molecule has 23 heavy (non-hydrogen) atoms. The SMILES string of the molecule is COc1c(C(C(C)CO)N2CCCC2)cc(C)cc1C(C)(C)C. The van der Waals surface area contributed by atoms with Crippen LogP contribution in [0.5, 0.6) is 5.75 Å². The number of hydrogen-bond donors (Lipinski definition) is 1. The van der Waals surface area contributed by atoms with Crippen molar-refractivity contribution in [3.8, 4) is 5.75 Å². The maximum atomic E-state index is 9.82. The highest BCUT2D eigenvalue weighted by molar-refractivity contribution is 5.49. The highest BCUT2D eigenvalue weighted by Gasteiger charge is 2.32. The van der Waals surface area contributed by atoms with Crippen LogP contribution >= 0.6 is 0 Å². The minimum Gasteiger partial charge on any atom is -0.496 e. The number of rotatable bonds is 5. The summed E-state index contributed by atoms with van der Waals surface area (Å²) >= 11 is 0. The van der Waals surface area contributed by atoms with Gasteiger partial charge in [-0.15, -0.1) is 0 Å². The van der Waals surface area contributed by atoms with Gasteiger partial charge in [-0.25, -0.2) is 0 Å². The van der Waals surface area contributed by atoms with E-state index in [4.69, 9.17) is 4.74 Å². The lowest BCUT2D eigenvalue weighted by atomic mass is 9.81. The Kier molecular flexibility index (Phi) is 5.74. The van der Waals surface area contributed by atoms with Gasteiger partial charge in [0.05, 0.1) is 7.11 Å². The lowest BCUT2D eigenvalue weighted by Crippen LogP contribution is -2.32. The molecule has 3 nitrogen and oxygen atoms in total. The van der Waals surface area contributed by atoms with Crippen molar-refractivity contribution in [1.29, 1.82) is 0 Å². The molecule has 1 saturated heterocycles. The van der Waals surface area contributed by atoms with Crippen LogP contribution in [0.4, 0.5) is 0 Å². The molecule has 130 valence electrons. The van der Waals surface area contributed by atoms with E-state index in [0.29, 0.717) is 0 Å². The average Bonchev–Trinajstić information content (AvgIpc) is 2.99. The molecular formula is C20H33NO2. The molecule has 0 amide bonds. The van der Waals surface area contributed by atoms with Crippen molar-refractivity contribution in [2.24, 2.45) is 5.92 Å². The summed E-state index contributed by atoms with van der Waals surface area (Å²) in [5.41, 5.74) is 3.79. The van der Waals surface area contributed by atoms with Gasteiger partial charge in [0.25, 0.3) is 0 Å². The van der Waals surface area contributed by atoms with Crippen molar-refractivity contribution in [1.82, 2.24) is 4.90 Å². The summed E-state index contributed by atoms with van der Waals surface area (Å²) in [5, 5.41) is 9.82. The van der Waals surface area contributed by atoms with E-state index in [1.807, 2.05) is 0 Å². The smallest absolute Gasteiger partial charge is 0.127 e. The van der Waals surface area contributed by atoms with E-state index < -0.39 is 0 Å². The molecule has 1 aromatic carbocycles. The average molecular weight is 319 g/mol. The molecule has 0 saturated carbocycles. The monoisotopic (exact) mass is 319 g/mol. The van der Waals surface area contributed by atoms with E-state index in [-0.39, 0.29) is 24.0 Å². The second kappa shape index (κ2) is 7.23. The van der Waals surface area contributed by atoms with Gasteiger partial charge in [-0.05, 0) is 44.2 Å². The number of hydrogen-bond acceptors (Lipinski definition) is 3. The quantitative estimate of drug-likeness (QED) is 0.888. The van der Waals surface area contributed by atoms with Crippen LogP contribution in [0.3, 0.4) is 0 Å². The first-order valence-electron chi connectivity index (χ1n) is 8.83. The Bertz CT molecular complexity index is 527. The predicted octanol–water partition coefficient (Wildman–Crippen LogP) is 4.07. The van der Waals surface area contributed by atoms with Crippen molar-refractivity contribution < 1.29 is 9.84 Å². The van der Waals surface area contributed by atoms with Crippen LogP contribution in [-0.4, -0.2) is 36.8 Å². The van der Waals surface area contributed by atoms with Crippen molar-refractivity contribution in [2.45, 2.75) is 58.9 Å². The molecule has 0 bridgehead atoms. The van der Waals surface area contributed by atoms with Gasteiger partial charge in [0.15, 0.2) is 0 Å². The number of aryl methyl sites for hydroxylation is 1. The summed E-state index contributed by atoms with van der Waals surface area (Å²) in [4.78, 5) is 2.52. The highest BCUT2D eigenvalue weighted by atomic mass is 16.5. The van der Waals surface area contributed by atoms with Gasteiger partial charge in [0, 0.05) is 23.8 Å². The Morgan fingerprint density at radius 2 is 1.83 bits per heavy atom. The van der Waals surface area contributed by atoms with Crippen LogP contribution in [0.1, 0.15) is 63.3 Å². The molecule has 1 aliphatic heterocycles. The van der Waals surface area contributed by atoms with Gasteiger partial charge < -0.3 is 9.84 Å². The molecule has 1 aromatic rings. The van der Waals surface area contributed by atoms with Crippen molar-refractivity contribution in [3.05, 3.63) is 28.8 Å². The molecule has 1 N–H and O–H groups in total. The third-order valence-electron chi connectivity index (χ3n) is 4.95. The molecule has 2 unspecified atom stereocenters. The summed E-state index contributed by atoms with van der Waals surface area (Å²) in [7, 11) is 1.77. The fourth-order valence-electron chi connectivity index (χ4n) is 3.79. The van der Waals surface area contributed by atoms with E-state index in [2.05, 4.69) is 51.7 Å². The van der Waals surface area contributed by atoms with Gasteiger partial charge in [-0.2, -0.15) is 0 Å². The molecule has 0 radical (unpaired) electrons. The maximum absolute atomic E-state index is 9.82. The third kappa shape index (κ3) is 3.89. The minimum absolute atomic E-state index is 0.0319. The van der Waals surface area contributed by atoms with Crippen molar-refractivity contribution in [2.75, 3.05) is 26.8 Å². The number of nitrogens with zero attached hydrogens (tertiary/aromatic N) is 1. The van der Waals surface area contributed by atoms with Gasteiger partial charge in [0.2, 0.25) is 0 Å². The van der Waals surface area contributed by atoms with Crippen LogP contribution in [0.2, 0.25) is 0 Å². The van der Waals surface area contributed by atoms with E-state index in [9.17, 15) is 5.11 Å². The van der Waals surface area contributed by atoms with Gasteiger partial charge in [0.1, 0.15) is 5.75 Å². The Morgan fingerprint density at radius 3 is 2.30 bits per heavy atom. The number of aliphatic hydroxyl groups excluding tert-OH is 1. The van der Waals surface area contributed by atoms with Crippen LogP contribution in [0, 0.1) is 12.8 Å². The van der Waals surface area contributed by atoms with Crippen LogP contribution in [0.25, 0.3) is 0 Å². The largest absolute Gasteiger partial charge is 0.496 e. The van der Waals surface area contributed by atoms with Crippen LogP contribution in [0.15, 0.2) is 12.1 Å². The number of benzene rings is 1. The zero-order valence-electron chi connectivity index (χ0n) is 15.6. The highest BCUT2D eigenvalue weighted by Crippen LogP contribution is 2.42. The molecule has 1 aliphatic rings. The molecular weight excluding hydrogens is 286 g/mol. The van der Waals surface area contributed by atoms with Gasteiger partial charge >= 0.3 is 0 Å². The summed E-state index contributed by atoms with van der Waals surface area (Å²) in [6.07, 6.45) is 2.49.